The Kier molecular flexibility index (Phi) is 6.47. The first-order chi connectivity index (χ1) is 4.41. The van der Waals surface area contributed by atoms with Crippen LogP contribution in [0.15, 0.2) is 29.4 Å². The minimum absolute atomic E-state index is 1.08. The minimum atomic E-state index is 1.08. The second kappa shape index (κ2) is 7.15. The van der Waals surface area contributed by atoms with Crippen LogP contribution in [0, 0.1) is 0 Å². The van der Waals surface area contributed by atoms with Gasteiger partial charge in [0.25, 0.3) is 0 Å². The van der Waals surface area contributed by atoms with Crippen LogP contribution in [-0.4, -0.2) is 6.21 Å². The predicted molar refractivity (Wildman–Crippen MR) is 42.7 cm³/mol. The summed E-state index contributed by atoms with van der Waals surface area (Å²) in [6, 6.07) is 0. The molecule has 1 heteroatoms. The molecule has 0 unspecified atom stereocenters. The number of allylic oxidation sites excluding steroid dienone is 3. The molecule has 0 amide bonds. The van der Waals surface area contributed by atoms with E-state index in [1.54, 1.807) is 12.4 Å². The Balaban J connectivity index is 3.35. The van der Waals surface area contributed by atoms with E-state index in [0.717, 1.165) is 6.42 Å². The molecule has 0 N–H and O–H groups in total. The van der Waals surface area contributed by atoms with Crippen LogP contribution in [0.2, 0.25) is 0 Å². The highest BCUT2D eigenvalue weighted by Crippen LogP contribution is 1.81. The lowest BCUT2D eigenvalue weighted by Gasteiger charge is -1.73. The third-order valence-corrected chi connectivity index (χ3v) is 0.804. The third-order valence-electron chi connectivity index (χ3n) is 0.804. The second-order valence-electron chi connectivity index (χ2n) is 1.59. The van der Waals surface area contributed by atoms with Gasteiger partial charge in [0.05, 0.1) is 0 Å². The van der Waals surface area contributed by atoms with Crippen molar-refractivity contribution in [2.24, 2.45) is 4.99 Å². The molecule has 0 heterocycles. The highest BCUT2D eigenvalue weighted by molar-refractivity contribution is 5.54. The second-order valence-corrected chi connectivity index (χ2v) is 1.59. The first kappa shape index (κ1) is 8.15. The quantitative estimate of drug-likeness (QED) is 0.404. The average Bonchev–Trinajstić information content (AvgIpc) is 1.89. The fourth-order valence-corrected chi connectivity index (χ4v) is 0.400. The smallest absolute Gasteiger partial charge is 0.0263 e. The molecular weight excluding hydrogens is 110 g/mol. The molecule has 0 rings (SSSR count). The van der Waals surface area contributed by atoms with Crippen LogP contribution in [0.5, 0.6) is 0 Å². The maximum Gasteiger partial charge on any atom is 0.0263 e. The molecule has 0 fully saturated rings. The van der Waals surface area contributed by atoms with E-state index in [1.807, 2.05) is 19.1 Å². The molecule has 0 aliphatic heterocycles. The molecule has 0 aliphatic carbocycles. The monoisotopic (exact) mass is 123 g/mol. The Bertz CT molecular complexity index is 121. The largest absolute Gasteiger partial charge is 0.269 e. The number of rotatable bonds is 3. The van der Waals surface area contributed by atoms with Gasteiger partial charge in [0.1, 0.15) is 0 Å². The number of hydrogen-bond donors (Lipinski definition) is 0. The van der Waals surface area contributed by atoms with Gasteiger partial charge in [-0.2, -0.15) is 0 Å². The Morgan fingerprint density at radius 1 is 1.33 bits per heavy atom. The van der Waals surface area contributed by atoms with Gasteiger partial charge in [0.2, 0.25) is 0 Å². The van der Waals surface area contributed by atoms with Crippen molar-refractivity contribution in [3.05, 3.63) is 24.4 Å². The lowest BCUT2D eigenvalue weighted by atomic mass is 10.4. The molecule has 0 aromatic heterocycles. The van der Waals surface area contributed by atoms with Gasteiger partial charge in [0, 0.05) is 12.4 Å². The van der Waals surface area contributed by atoms with E-state index in [1.165, 1.54) is 0 Å². The zero-order valence-corrected chi connectivity index (χ0v) is 6.04. The van der Waals surface area contributed by atoms with Crippen molar-refractivity contribution in [3.8, 4) is 0 Å². The van der Waals surface area contributed by atoms with Gasteiger partial charge in [-0.15, -0.1) is 0 Å². The highest BCUT2D eigenvalue weighted by atomic mass is 14.6. The minimum Gasteiger partial charge on any atom is -0.269 e. The van der Waals surface area contributed by atoms with Crippen molar-refractivity contribution in [3.63, 3.8) is 0 Å². The standard InChI is InChI=1S/C8H13N/c1-3-5-6-7-8-9-4-2/h4-8H,3H2,1-2H3/b6-5?,8-7-,9-4?. The summed E-state index contributed by atoms with van der Waals surface area (Å²) >= 11 is 0. The third kappa shape index (κ3) is 7.15. The summed E-state index contributed by atoms with van der Waals surface area (Å²) in [5.74, 6) is 0. The fraction of sp³-hybridized carbons (Fsp3) is 0.375. The van der Waals surface area contributed by atoms with E-state index in [2.05, 4.69) is 18.0 Å². The number of hydrogen-bond acceptors (Lipinski definition) is 1. The zero-order valence-electron chi connectivity index (χ0n) is 6.04. The summed E-state index contributed by atoms with van der Waals surface area (Å²) in [7, 11) is 0. The molecule has 0 aliphatic rings. The topological polar surface area (TPSA) is 12.4 Å². The van der Waals surface area contributed by atoms with Crippen molar-refractivity contribution in [1.82, 2.24) is 0 Å². The average molecular weight is 123 g/mol. The van der Waals surface area contributed by atoms with Gasteiger partial charge >= 0.3 is 0 Å². The van der Waals surface area contributed by atoms with Gasteiger partial charge in [-0.25, -0.2) is 0 Å². The molecule has 0 saturated heterocycles. The van der Waals surface area contributed by atoms with Crippen LogP contribution in [-0.2, 0) is 0 Å². The van der Waals surface area contributed by atoms with Crippen molar-refractivity contribution >= 4 is 6.21 Å². The summed E-state index contributed by atoms with van der Waals surface area (Å²) in [5.41, 5.74) is 0. The van der Waals surface area contributed by atoms with Crippen LogP contribution >= 0.6 is 0 Å². The van der Waals surface area contributed by atoms with Gasteiger partial charge < -0.3 is 0 Å². The van der Waals surface area contributed by atoms with Gasteiger partial charge in [-0.05, 0) is 19.4 Å². The van der Waals surface area contributed by atoms with Crippen LogP contribution in [0.25, 0.3) is 0 Å². The van der Waals surface area contributed by atoms with E-state index >= 15 is 0 Å². The maximum atomic E-state index is 3.89. The zero-order chi connectivity index (χ0) is 6.95. The SMILES string of the molecule is CC=N/C=C\C=CCC. The van der Waals surface area contributed by atoms with E-state index in [-0.39, 0.29) is 0 Å². The molecule has 0 spiro atoms. The molecule has 1 nitrogen and oxygen atoms in total. The van der Waals surface area contributed by atoms with Crippen LogP contribution in [0.4, 0.5) is 0 Å². The van der Waals surface area contributed by atoms with E-state index in [9.17, 15) is 0 Å². The Morgan fingerprint density at radius 2 is 2.11 bits per heavy atom. The Labute approximate surface area is 56.8 Å². The summed E-state index contributed by atoms with van der Waals surface area (Å²) in [4.78, 5) is 3.89. The number of aliphatic imine (C=N–C) groups is 1. The van der Waals surface area contributed by atoms with Crippen molar-refractivity contribution in [2.75, 3.05) is 0 Å². The summed E-state index contributed by atoms with van der Waals surface area (Å²) < 4.78 is 0. The molecule has 0 aromatic carbocycles. The summed E-state index contributed by atoms with van der Waals surface area (Å²) in [6.45, 7) is 4.00. The predicted octanol–water partition coefficient (Wildman–Crippen LogP) is 2.56. The van der Waals surface area contributed by atoms with Gasteiger partial charge in [-0.3, -0.25) is 4.99 Å². The van der Waals surface area contributed by atoms with Crippen LogP contribution in [0.3, 0.4) is 0 Å². The first-order valence-corrected chi connectivity index (χ1v) is 3.21. The molecule has 9 heavy (non-hydrogen) atoms. The molecule has 0 saturated carbocycles. The Hall–Kier alpha value is -0.850. The Morgan fingerprint density at radius 3 is 2.67 bits per heavy atom. The normalized spacial score (nSPS) is 12.7. The van der Waals surface area contributed by atoms with E-state index < -0.39 is 0 Å². The van der Waals surface area contributed by atoms with Crippen LogP contribution in [0.1, 0.15) is 20.3 Å². The van der Waals surface area contributed by atoms with Crippen LogP contribution < -0.4 is 0 Å². The maximum absolute atomic E-state index is 3.89. The molecule has 0 radical (unpaired) electrons. The molecular formula is C8H13N. The van der Waals surface area contributed by atoms with Gasteiger partial charge in [0.15, 0.2) is 0 Å². The molecule has 50 valence electrons. The fourth-order valence-electron chi connectivity index (χ4n) is 0.400. The molecule has 0 atom stereocenters. The van der Waals surface area contributed by atoms with E-state index in [4.69, 9.17) is 0 Å². The lowest BCUT2D eigenvalue weighted by Crippen LogP contribution is -1.54. The van der Waals surface area contributed by atoms with Crippen molar-refractivity contribution in [2.45, 2.75) is 20.3 Å². The van der Waals surface area contributed by atoms with E-state index in [0.29, 0.717) is 0 Å². The van der Waals surface area contributed by atoms with Crippen molar-refractivity contribution in [1.29, 1.82) is 0 Å². The lowest BCUT2D eigenvalue weighted by molar-refractivity contribution is 1.22. The van der Waals surface area contributed by atoms with Crippen molar-refractivity contribution < 1.29 is 0 Å². The molecule has 0 bridgehead atoms. The number of nitrogens with zero attached hydrogens (tertiary/aromatic N) is 1. The summed E-state index contributed by atoms with van der Waals surface area (Å²) in [6.07, 6.45) is 10.6. The van der Waals surface area contributed by atoms with Gasteiger partial charge in [-0.1, -0.05) is 19.1 Å². The molecule has 0 aromatic rings. The first-order valence-electron chi connectivity index (χ1n) is 3.21. The summed E-state index contributed by atoms with van der Waals surface area (Å²) in [5, 5.41) is 0. The highest BCUT2D eigenvalue weighted by Gasteiger charge is 1.60.